The van der Waals surface area contributed by atoms with E-state index in [-0.39, 0.29) is 32.5 Å². The third kappa shape index (κ3) is 3.51. The van der Waals surface area contributed by atoms with Crippen LogP contribution in [0.1, 0.15) is 105 Å². The van der Waals surface area contributed by atoms with Crippen LogP contribution in [0.5, 0.6) is 0 Å². The van der Waals surface area contributed by atoms with Gasteiger partial charge < -0.3 is 8.98 Å². The van der Waals surface area contributed by atoms with E-state index in [0.717, 1.165) is 33.1 Å². The maximum absolute atomic E-state index is 6.44. The zero-order valence-corrected chi connectivity index (χ0v) is 32.0. The average molecular weight is 658 g/mol. The van der Waals surface area contributed by atoms with Crippen molar-refractivity contribution in [1.82, 2.24) is 4.57 Å². The molecule has 5 aromatic carbocycles. The van der Waals surface area contributed by atoms with E-state index in [4.69, 9.17) is 4.42 Å². The number of rotatable bonds is 2. The Morgan fingerprint density at radius 3 is 1.42 bits per heavy atom. The van der Waals surface area contributed by atoms with E-state index in [1.165, 1.54) is 49.7 Å². The first kappa shape index (κ1) is 31.7. The molecule has 0 bridgehead atoms. The molecule has 0 spiro atoms. The van der Waals surface area contributed by atoms with Crippen LogP contribution in [0.15, 0.2) is 95.4 Å². The van der Waals surface area contributed by atoms with Crippen molar-refractivity contribution in [3.05, 3.63) is 113 Å². The van der Waals surface area contributed by atoms with Crippen molar-refractivity contribution in [2.45, 2.75) is 105 Å². The van der Waals surface area contributed by atoms with E-state index < -0.39 is 0 Å². The van der Waals surface area contributed by atoms with Crippen molar-refractivity contribution in [3.63, 3.8) is 0 Å². The second-order valence-electron chi connectivity index (χ2n) is 18.7. The molecule has 0 saturated carbocycles. The molecule has 0 unspecified atom stereocenters. The first-order valence-electron chi connectivity index (χ1n) is 18.5. The first-order chi connectivity index (χ1) is 23.3. The van der Waals surface area contributed by atoms with Crippen molar-refractivity contribution in [3.8, 4) is 16.8 Å². The average Bonchev–Trinajstić information content (AvgIpc) is 3.66. The summed E-state index contributed by atoms with van der Waals surface area (Å²) in [6.07, 6.45) is 0. The molecule has 0 atom stereocenters. The lowest BCUT2D eigenvalue weighted by atomic mass is 9.59. The van der Waals surface area contributed by atoms with Gasteiger partial charge in [0, 0.05) is 32.8 Å². The summed E-state index contributed by atoms with van der Waals surface area (Å²) in [5.41, 5.74) is 14.2. The summed E-state index contributed by atoms with van der Waals surface area (Å²) >= 11 is 0. The van der Waals surface area contributed by atoms with E-state index in [1.807, 2.05) is 6.07 Å². The van der Waals surface area contributed by atoms with Gasteiger partial charge in [-0.25, -0.2) is 0 Å². The molecule has 0 fully saturated rings. The Hall–Kier alpha value is -4.30. The van der Waals surface area contributed by atoms with Gasteiger partial charge in [-0.2, -0.15) is 0 Å². The topological polar surface area (TPSA) is 18.1 Å². The van der Waals surface area contributed by atoms with Gasteiger partial charge in [-0.15, -0.1) is 0 Å². The van der Waals surface area contributed by atoms with Crippen LogP contribution in [0.4, 0.5) is 0 Å². The van der Waals surface area contributed by atoms with E-state index in [0.29, 0.717) is 0 Å². The number of benzene rings is 5. The van der Waals surface area contributed by atoms with E-state index in [1.54, 1.807) is 0 Å². The van der Waals surface area contributed by atoms with Gasteiger partial charge in [-0.05, 0) is 103 Å². The third-order valence-corrected chi connectivity index (χ3v) is 15.8. The van der Waals surface area contributed by atoms with Crippen LogP contribution < -0.4 is 0 Å². The van der Waals surface area contributed by atoms with Gasteiger partial charge in [0.1, 0.15) is 11.2 Å². The van der Waals surface area contributed by atoms with Crippen LogP contribution in [0.25, 0.3) is 60.6 Å². The highest BCUT2D eigenvalue weighted by atomic mass is 16.3. The minimum Gasteiger partial charge on any atom is -0.455 e. The second kappa shape index (κ2) is 9.32. The van der Waals surface area contributed by atoms with E-state index in [9.17, 15) is 0 Å². The molecule has 2 aliphatic rings. The van der Waals surface area contributed by atoms with Gasteiger partial charge in [0.15, 0.2) is 0 Å². The number of para-hydroxylation sites is 2. The molecule has 9 rings (SSSR count). The summed E-state index contributed by atoms with van der Waals surface area (Å²) in [5.74, 6) is 0. The van der Waals surface area contributed by atoms with Gasteiger partial charge in [-0.1, -0.05) is 132 Å². The molecular weight excluding hydrogens is 607 g/mol. The van der Waals surface area contributed by atoms with Crippen LogP contribution in [-0.2, 0) is 21.7 Å². The highest BCUT2D eigenvalue weighted by Crippen LogP contribution is 2.64. The molecule has 0 saturated heterocycles. The molecule has 2 aliphatic carbocycles. The fourth-order valence-corrected chi connectivity index (χ4v) is 10.1. The lowest BCUT2D eigenvalue weighted by Gasteiger charge is -2.44. The maximum atomic E-state index is 6.44. The van der Waals surface area contributed by atoms with Crippen molar-refractivity contribution in [2.75, 3.05) is 0 Å². The van der Waals surface area contributed by atoms with Crippen LogP contribution in [-0.4, -0.2) is 4.57 Å². The molecule has 2 aromatic heterocycles. The molecule has 2 nitrogen and oxygen atoms in total. The Bertz CT molecular complexity index is 2470. The normalized spacial score (nSPS) is 20.6. The third-order valence-electron chi connectivity index (χ3n) is 15.8. The predicted octanol–water partition coefficient (Wildman–Crippen LogP) is 13.5. The summed E-state index contributed by atoms with van der Waals surface area (Å²) in [5, 5.41) is 5.04. The minimum absolute atomic E-state index is 0.0200. The van der Waals surface area contributed by atoms with Crippen molar-refractivity contribution in [2.24, 2.45) is 10.8 Å². The zero-order valence-electron chi connectivity index (χ0n) is 32.0. The van der Waals surface area contributed by atoms with Crippen molar-refractivity contribution < 1.29 is 4.42 Å². The summed E-state index contributed by atoms with van der Waals surface area (Å²) in [4.78, 5) is 0. The SMILES string of the molecule is CC1(C)c2cc3c4cc5c(cc4n(-c4ccc(-c6cccc7c6oc6ccccc67)cc4)c3cc2C(C)(C)C1(C)C)C(C)(C)C(C)(C)C5(C)C. The van der Waals surface area contributed by atoms with Crippen LogP contribution in [0.2, 0.25) is 0 Å². The lowest BCUT2D eigenvalue weighted by Crippen LogP contribution is -2.42. The number of fused-ring (bicyclic) bond motifs is 8. The highest BCUT2D eigenvalue weighted by molar-refractivity contribution is 6.11. The molecule has 0 amide bonds. The predicted molar refractivity (Wildman–Crippen MR) is 213 cm³/mol. The molecule has 7 aromatic rings. The van der Waals surface area contributed by atoms with Crippen molar-refractivity contribution in [1.29, 1.82) is 0 Å². The van der Waals surface area contributed by atoms with Crippen LogP contribution >= 0.6 is 0 Å². The number of hydrogen-bond donors (Lipinski definition) is 0. The Morgan fingerprint density at radius 2 is 0.900 bits per heavy atom. The van der Waals surface area contributed by atoms with Gasteiger partial charge in [0.25, 0.3) is 0 Å². The maximum Gasteiger partial charge on any atom is 0.143 e. The largest absolute Gasteiger partial charge is 0.455 e. The van der Waals surface area contributed by atoms with Gasteiger partial charge >= 0.3 is 0 Å². The van der Waals surface area contributed by atoms with Crippen LogP contribution in [0.3, 0.4) is 0 Å². The number of nitrogens with zero attached hydrogens (tertiary/aromatic N) is 1. The summed E-state index contributed by atoms with van der Waals surface area (Å²) in [7, 11) is 0. The van der Waals surface area contributed by atoms with Crippen LogP contribution in [0, 0.1) is 10.8 Å². The quantitative estimate of drug-likeness (QED) is 0.181. The van der Waals surface area contributed by atoms with E-state index >= 15 is 0 Å². The smallest absolute Gasteiger partial charge is 0.143 e. The molecule has 254 valence electrons. The van der Waals surface area contributed by atoms with E-state index in [2.05, 4.69) is 173 Å². The van der Waals surface area contributed by atoms with Gasteiger partial charge in [0.05, 0.1) is 11.0 Å². The summed E-state index contributed by atoms with van der Waals surface area (Å²) in [6.45, 7) is 29.5. The highest BCUT2D eigenvalue weighted by Gasteiger charge is 2.58. The molecule has 0 N–H and O–H groups in total. The fraction of sp³-hybridized carbons (Fsp3) is 0.375. The Kier molecular flexibility index (Phi) is 5.90. The molecule has 0 radical (unpaired) electrons. The first-order valence-corrected chi connectivity index (χ1v) is 18.5. The number of hydrogen-bond acceptors (Lipinski definition) is 1. The Balaban J connectivity index is 1.32. The summed E-state index contributed by atoms with van der Waals surface area (Å²) in [6, 6.07) is 34.3. The standard InChI is InChI=1S/C48H51NO/c1-43(2)35-24-33-34-25-36-38(46(7,8)48(11,12)44(36,3)4)27-40(34)49(39(33)26-37(35)45(5,6)47(43,9)10)29-22-20-28(21-23-29)30-17-15-18-32-31-16-13-14-19-41(31)50-42(30)32/h13-27H,1-12H3. The monoisotopic (exact) mass is 657 g/mol. The molecule has 2 heterocycles. The Labute approximate surface area is 297 Å². The minimum atomic E-state index is 0.0200. The molecule has 0 aliphatic heterocycles. The molecule has 50 heavy (non-hydrogen) atoms. The lowest BCUT2D eigenvalue weighted by molar-refractivity contribution is 0.125. The molecule has 2 heteroatoms. The van der Waals surface area contributed by atoms with Gasteiger partial charge in [0.2, 0.25) is 0 Å². The zero-order chi connectivity index (χ0) is 35.6. The Morgan fingerprint density at radius 1 is 0.440 bits per heavy atom. The second-order valence-corrected chi connectivity index (χ2v) is 18.7. The summed E-state index contributed by atoms with van der Waals surface area (Å²) < 4.78 is 9.00. The van der Waals surface area contributed by atoms with Gasteiger partial charge in [-0.3, -0.25) is 0 Å². The number of furan rings is 1. The van der Waals surface area contributed by atoms with Crippen molar-refractivity contribution >= 4 is 43.7 Å². The number of aromatic nitrogens is 1. The fourth-order valence-electron chi connectivity index (χ4n) is 10.1. The molecular formula is C48H51NO.